The molecule has 0 fully saturated rings. The SMILES string of the molecule is Cc1cccc(S(=O)(=O)NCC(=O)NCc2ccccc2)c1. The molecular formula is C16H18N2O3S. The first-order valence-corrected chi connectivity index (χ1v) is 8.33. The first-order chi connectivity index (χ1) is 10.5. The molecule has 2 aromatic rings. The fourth-order valence-electron chi connectivity index (χ4n) is 1.89. The zero-order chi connectivity index (χ0) is 16.0. The van der Waals surface area contributed by atoms with Crippen molar-refractivity contribution in [1.29, 1.82) is 0 Å². The van der Waals surface area contributed by atoms with E-state index in [1.54, 1.807) is 12.1 Å². The average molecular weight is 318 g/mol. The number of hydrogen-bond acceptors (Lipinski definition) is 3. The molecule has 0 atom stereocenters. The van der Waals surface area contributed by atoms with Crippen LogP contribution in [0.15, 0.2) is 59.5 Å². The van der Waals surface area contributed by atoms with Gasteiger partial charge in [-0.05, 0) is 30.2 Å². The third-order valence-electron chi connectivity index (χ3n) is 3.06. The van der Waals surface area contributed by atoms with Crippen LogP contribution in [0.25, 0.3) is 0 Å². The predicted molar refractivity (Wildman–Crippen MR) is 84.7 cm³/mol. The highest BCUT2D eigenvalue weighted by Gasteiger charge is 2.15. The maximum atomic E-state index is 12.1. The molecule has 0 aliphatic heterocycles. The van der Waals surface area contributed by atoms with E-state index in [4.69, 9.17) is 0 Å². The Morgan fingerprint density at radius 3 is 2.45 bits per heavy atom. The number of carbonyl (C=O) groups excluding carboxylic acids is 1. The van der Waals surface area contributed by atoms with Crippen LogP contribution in [0.5, 0.6) is 0 Å². The summed E-state index contributed by atoms with van der Waals surface area (Å²) in [4.78, 5) is 11.9. The molecule has 0 unspecified atom stereocenters. The lowest BCUT2D eigenvalue weighted by molar-refractivity contribution is -0.120. The van der Waals surface area contributed by atoms with E-state index in [-0.39, 0.29) is 17.3 Å². The molecule has 0 aromatic heterocycles. The maximum absolute atomic E-state index is 12.1. The normalized spacial score (nSPS) is 11.1. The van der Waals surface area contributed by atoms with Gasteiger partial charge in [0.25, 0.3) is 0 Å². The molecule has 6 heteroatoms. The van der Waals surface area contributed by atoms with Gasteiger partial charge in [-0.3, -0.25) is 4.79 Å². The van der Waals surface area contributed by atoms with Gasteiger partial charge in [0.15, 0.2) is 0 Å². The van der Waals surface area contributed by atoms with E-state index in [1.165, 1.54) is 6.07 Å². The Hall–Kier alpha value is -2.18. The van der Waals surface area contributed by atoms with Crippen molar-refractivity contribution in [2.45, 2.75) is 18.4 Å². The number of aryl methyl sites for hydroxylation is 1. The summed E-state index contributed by atoms with van der Waals surface area (Å²) < 4.78 is 26.4. The van der Waals surface area contributed by atoms with Gasteiger partial charge in [0.2, 0.25) is 15.9 Å². The summed E-state index contributed by atoms with van der Waals surface area (Å²) in [6, 6.07) is 16.0. The maximum Gasteiger partial charge on any atom is 0.241 e. The van der Waals surface area contributed by atoms with Crippen LogP contribution in [0, 0.1) is 6.92 Å². The number of hydrogen-bond donors (Lipinski definition) is 2. The van der Waals surface area contributed by atoms with Crippen molar-refractivity contribution in [3.05, 3.63) is 65.7 Å². The van der Waals surface area contributed by atoms with Gasteiger partial charge in [-0.25, -0.2) is 13.1 Å². The van der Waals surface area contributed by atoms with Crippen LogP contribution in [0.1, 0.15) is 11.1 Å². The van der Waals surface area contributed by atoms with E-state index < -0.39 is 10.0 Å². The summed E-state index contributed by atoms with van der Waals surface area (Å²) in [5.41, 5.74) is 1.80. The molecule has 0 saturated heterocycles. The zero-order valence-electron chi connectivity index (χ0n) is 12.2. The van der Waals surface area contributed by atoms with Gasteiger partial charge >= 0.3 is 0 Å². The first-order valence-electron chi connectivity index (χ1n) is 6.84. The van der Waals surface area contributed by atoms with Crippen LogP contribution >= 0.6 is 0 Å². The Bertz CT molecular complexity index is 743. The second kappa shape index (κ2) is 7.20. The van der Waals surface area contributed by atoms with Crippen LogP contribution < -0.4 is 10.0 Å². The van der Waals surface area contributed by atoms with Gasteiger partial charge in [-0.15, -0.1) is 0 Å². The topological polar surface area (TPSA) is 75.3 Å². The first kappa shape index (κ1) is 16.2. The Balaban J connectivity index is 1.88. The summed E-state index contributed by atoms with van der Waals surface area (Å²) in [7, 11) is -3.67. The fourth-order valence-corrected chi connectivity index (χ4v) is 2.97. The van der Waals surface area contributed by atoms with Crippen LogP contribution in [0.2, 0.25) is 0 Å². The number of sulfonamides is 1. The van der Waals surface area contributed by atoms with E-state index in [2.05, 4.69) is 10.0 Å². The molecule has 0 aliphatic carbocycles. The molecule has 116 valence electrons. The van der Waals surface area contributed by atoms with Gasteiger partial charge < -0.3 is 5.32 Å². The van der Waals surface area contributed by atoms with Crippen LogP contribution in [-0.4, -0.2) is 20.9 Å². The molecular weight excluding hydrogens is 300 g/mol. The third kappa shape index (κ3) is 4.68. The Kier molecular flexibility index (Phi) is 5.30. The molecule has 0 spiro atoms. The minimum Gasteiger partial charge on any atom is -0.351 e. The lowest BCUT2D eigenvalue weighted by atomic mass is 10.2. The van der Waals surface area contributed by atoms with Gasteiger partial charge in [0, 0.05) is 6.54 Å². The standard InChI is InChI=1S/C16H18N2O3S/c1-13-6-5-9-15(10-13)22(20,21)18-12-16(19)17-11-14-7-3-2-4-8-14/h2-10,18H,11-12H2,1H3,(H,17,19). The lowest BCUT2D eigenvalue weighted by Gasteiger charge is -2.08. The van der Waals surface area contributed by atoms with E-state index in [0.717, 1.165) is 11.1 Å². The number of rotatable bonds is 6. The fraction of sp³-hybridized carbons (Fsp3) is 0.188. The van der Waals surface area contributed by atoms with Crippen molar-refractivity contribution in [2.75, 3.05) is 6.54 Å². The molecule has 22 heavy (non-hydrogen) atoms. The molecule has 0 heterocycles. The monoisotopic (exact) mass is 318 g/mol. The van der Waals surface area contributed by atoms with E-state index in [1.807, 2.05) is 43.3 Å². The van der Waals surface area contributed by atoms with Crippen LogP contribution in [0.4, 0.5) is 0 Å². The van der Waals surface area contributed by atoms with Crippen molar-refractivity contribution in [1.82, 2.24) is 10.0 Å². The highest BCUT2D eigenvalue weighted by Crippen LogP contribution is 2.10. The van der Waals surface area contributed by atoms with Crippen LogP contribution in [-0.2, 0) is 21.4 Å². The van der Waals surface area contributed by atoms with Crippen molar-refractivity contribution in [2.24, 2.45) is 0 Å². The molecule has 2 aromatic carbocycles. The van der Waals surface area contributed by atoms with Crippen molar-refractivity contribution < 1.29 is 13.2 Å². The largest absolute Gasteiger partial charge is 0.351 e. The average Bonchev–Trinajstić information content (AvgIpc) is 2.52. The lowest BCUT2D eigenvalue weighted by Crippen LogP contribution is -2.36. The van der Waals surface area contributed by atoms with Crippen molar-refractivity contribution in [3.63, 3.8) is 0 Å². The minimum absolute atomic E-state index is 0.156. The smallest absolute Gasteiger partial charge is 0.241 e. The summed E-state index contributed by atoms with van der Waals surface area (Å²) in [6.45, 7) is 1.89. The van der Waals surface area contributed by atoms with Gasteiger partial charge in [0.1, 0.15) is 0 Å². The van der Waals surface area contributed by atoms with Gasteiger partial charge in [-0.1, -0.05) is 42.5 Å². The second-order valence-corrected chi connectivity index (χ2v) is 6.67. The molecule has 0 radical (unpaired) electrons. The number of carbonyl (C=O) groups is 1. The van der Waals surface area contributed by atoms with Gasteiger partial charge in [-0.2, -0.15) is 0 Å². The highest BCUT2D eigenvalue weighted by atomic mass is 32.2. The molecule has 0 bridgehead atoms. The molecule has 0 saturated carbocycles. The summed E-state index contributed by atoms with van der Waals surface area (Å²) in [5.74, 6) is -0.375. The summed E-state index contributed by atoms with van der Waals surface area (Å²) in [6.07, 6.45) is 0. The quantitative estimate of drug-likeness (QED) is 0.849. The molecule has 5 nitrogen and oxygen atoms in total. The molecule has 2 N–H and O–H groups in total. The third-order valence-corrected chi connectivity index (χ3v) is 4.45. The van der Waals surface area contributed by atoms with Crippen molar-refractivity contribution >= 4 is 15.9 Å². The van der Waals surface area contributed by atoms with Gasteiger partial charge in [0.05, 0.1) is 11.4 Å². The Morgan fingerprint density at radius 1 is 1.05 bits per heavy atom. The highest BCUT2D eigenvalue weighted by molar-refractivity contribution is 7.89. The molecule has 2 rings (SSSR count). The molecule has 0 aliphatic rings. The Labute approximate surface area is 130 Å². The van der Waals surface area contributed by atoms with E-state index in [9.17, 15) is 13.2 Å². The van der Waals surface area contributed by atoms with Crippen LogP contribution in [0.3, 0.4) is 0 Å². The second-order valence-electron chi connectivity index (χ2n) is 4.90. The number of amides is 1. The van der Waals surface area contributed by atoms with E-state index >= 15 is 0 Å². The molecule has 1 amide bonds. The zero-order valence-corrected chi connectivity index (χ0v) is 13.1. The van der Waals surface area contributed by atoms with Crippen molar-refractivity contribution in [3.8, 4) is 0 Å². The number of benzene rings is 2. The number of nitrogens with one attached hydrogen (secondary N) is 2. The minimum atomic E-state index is -3.67. The summed E-state index contributed by atoms with van der Waals surface area (Å²) >= 11 is 0. The Morgan fingerprint density at radius 2 is 1.77 bits per heavy atom. The predicted octanol–water partition coefficient (Wildman–Crippen LogP) is 1.59. The van der Waals surface area contributed by atoms with E-state index in [0.29, 0.717) is 6.54 Å². The summed E-state index contributed by atoms with van der Waals surface area (Å²) in [5, 5.41) is 2.67.